The summed E-state index contributed by atoms with van der Waals surface area (Å²) in [4.78, 5) is 24.3. The third-order valence-corrected chi connectivity index (χ3v) is 4.76. The monoisotopic (exact) mass is 338 g/mol. The zero-order valence-electron chi connectivity index (χ0n) is 14.7. The lowest BCUT2D eigenvalue weighted by Crippen LogP contribution is -2.35. The number of hydrogen-bond acceptors (Lipinski definition) is 7. The van der Waals surface area contributed by atoms with Crippen LogP contribution in [0.4, 0.5) is 17.5 Å². The van der Waals surface area contributed by atoms with Crippen LogP contribution in [0.5, 0.6) is 0 Å². The van der Waals surface area contributed by atoms with E-state index in [1.54, 1.807) is 6.33 Å². The number of likely N-dealkylation sites (N-methyl/N-ethyl adjacent to an activating group) is 1. The molecule has 25 heavy (non-hydrogen) atoms. The van der Waals surface area contributed by atoms with Crippen molar-refractivity contribution < 1.29 is 0 Å². The molecule has 1 aliphatic heterocycles. The highest BCUT2D eigenvalue weighted by molar-refractivity contribution is 5.64. The van der Waals surface area contributed by atoms with E-state index in [-0.39, 0.29) is 0 Å². The quantitative estimate of drug-likeness (QED) is 0.710. The van der Waals surface area contributed by atoms with Crippen molar-refractivity contribution in [3.05, 3.63) is 37.2 Å². The summed E-state index contributed by atoms with van der Waals surface area (Å²) in [5.74, 6) is 2.80. The number of nitrogens with zero attached hydrogens (tertiary/aromatic N) is 8. The summed E-state index contributed by atoms with van der Waals surface area (Å²) in [5, 5.41) is 0. The Hall–Kier alpha value is -2.90. The van der Waals surface area contributed by atoms with Crippen LogP contribution in [0.1, 0.15) is 6.42 Å². The van der Waals surface area contributed by atoms with Gasteiger partial charge in [-0.05, 0) is 6.42 Å². The normalized spacial score (nSPS) is 17.2. The molecule has 8 nitrogen and oxygen atoms in total. The Labute approximate surface area is 146 Å². The smallest absolute Gasteiger partial charge is 0.180 e. The molecule has 3 aromatic heterocycles. The van der Waals surface area contributed by atoms with Crippen LogP contribution in [0, 0.1) is 0 Å². The third kappa shape index (κ3) is 2.84. The lowest BCUT2D eigenvalue weighted by molar-refractivity contribution is 0.683. The first kappa shape index (κ1) is 15.6. The van der Waals surface area contributed by atoms with Gasteiger partial charge in [-0.25, -0.2) is 19.9 Å². The maximum Gasteiger partial charge on any atom is 0.180 e. The van der Waals surface area contributed by atoms with Crippen molar-refractivity contribution in [3.63, 3.8) is 0 Å². The average Bonchev–Trinajstić information content (AvgIpc) is 3.30. The van der Waals surface area contributed by atoms with E-state index < -0.39 is 0 Å². The van der Waals surface area contributed by atoms with Gasteiger partial charge in [0, 0.05) is 71.1 Å². The standard InChI is InChI=1S/C17H22N8/c1-22(2)14-10-15(21-12-20-14)23(3)13-4-7-25(11-13)17-16-18-5-8-24(16)9-6-19-17/h5-6,8-10,12-13H,4,7,11H2,1-3H3. The van der Waals surface area contributed by atoms with Crippen molar-refractivity contribution in [1.29, 1.82) is 0 Å². The average molecular weight is 338 g/mol. The highest BCUT2D eigenvalue weighted by Gasteiger charge is 2.29. The molecular weight excluding hydrogens is 316 g/mol. The Morgan fingerprint density at radius 2 is 1.76 bits per heavy atom. The molecule has 0 aromatic carbocycles. The van der Waals surface area contributed by atoms with Crippen molar-refractivity contribution in [3.8, 4) is 0 Å². The van der Waals surface area contributed by atoms with Crippen LogP contribution in [0.2, 0.25) is 0 Å². The molecule has 3 aromatic rings. The van der Waals surface area contributed by atoms with E-state index in [9.17, 15) is 0 Å². The molecule has 1 fully saturated rings. The van der Waals surface area contributed by atoms with Crippen LogP contribution < -0.4 is 14.7 Å². The van der Waals surface area contributed by atoms with Gasteiger partial charge in [0.25, 0.3) is 0 Å². The fraction of sp³-hybridized carbons (Fsp3) is 0.412. The topological polar surface area (TPSA) is 65.7 Å². The first-order valence-corrected chi connectivity index (χ1v) is 8.38. The molecule has 0 bridgehead atoms. The second kappa shape index (κ2) is 6.19. The molecule has 130 valence electrons. The van der Waals surface area contributed by atoms with Crippen LogP contribution in [-0.2, 0) is 0 Å². The molecule has 4 heterocycles. The molecule has 0 N–H and O–H groups in total. The van der Waals surface area contributed by atoms with E-state index in [4.69, 9.17) is 0 Å². The summed E-state index contributed by atoms with van der Waals surface area (Å²) in [6.45, 7) is 1.86. The van der Waals surface area contributed by atoms with E-state index in [2.05, 4.69) is 36.8 Å². The summed E-state index contributed by atoms with van der Waals surface area (Å²) >= 11 is 0. The molecule has 4 rings (SSSR count). The van der Waals surface area contributed by atoms with Crippen molar-refractivity contribution in [2.75, 3.05) is 48.9 Å². The fourth-order valence-electron chi connectivity index (χ4n) is 3.28. The molecule has 0 amide bonds. The van der Waals surface area contributed by atoms with Crippen molar-refractivity contribution in [1.82, 2.24) is 24.3 Å². The van der Waals surface area contributed by atoms with E-state index in [1.807, 2.05) is 54.2 Å². The Kier molecular flexibility index (Phi) is 3.87. The summed E-state index contributed by atoms with van der Waals surface area (Å²) in [5.41, 5.74) is 0.905. The largest absolute Gasteiger partial charge is 0.363 e. The zero-order chi connectivity index (χ0) is 17.4. The number of rotatable bonds is 4. The zero-order valence-corrected chi connectivity index (χ0v) is 14.7. The molecule has 1 aliphatic rings. The van der Waals surface area contributed by atoms with Gasteiger partial charge in [0.05, 0.1) is 0 Å². The molecule has 1 unspecified atom stereocenters. The van der Waals surface area contributed by atoms with Gasteiger partial charge in [-0.1, -0.05) is 0 Å². The lowest BCUT2D eigenvalue weighted by Gasteiger charge is -2.26. The van der Waals surface area contributed by atoms with Gasteiger partial charge in [0.2, 0.25) is 0 Å². The Morgan fingerprint density at radius 3 is 2.56 bits per heavy atom. The van der Waals surface area contributed by atoms with Gasteiger partial charge in [-0.3, -0.25) is 0 Å². The van der Waals surface area contributed by atoms with Crippen molar-refractivity contribution in [2.24, 2.45) is 0 Å². The Balaban J connectivity index is 1.54. The number of imidazole rings is 1. The van der Waals surface area contributed by atoms with Crippen LogP contribution in [0.15, 0.2) is 37.2 Å². The first-order valence-electron chi connectivity index (χ1n) is 8.38. The second-order valence-electron chi connectivity index (χ2n) is 6.54. The lowest BCUT2D eigenvalue weighted by atomic mass is 10.2. The highest BCUT2D eigenvalue weighted by atomic mass is 15.3. The van der Waals surface area contributed by atoms with Gasteiger partial charge >= 0.3 is 0 Å². The summed E-state index contributed by atoms with van der Waals surface area (Å²) < 4.78 is 2.01. The SMILES string of the molecule is CN(C)c1cc(N(C)C2CCN(c3nccn4ccnc34)C2)ncn1. The maximum atomic E-state index is 4.56. The summed E-state index contributed by atoms with van der Waals surface area (Å²) in [6, 6.07) is 2.40. The van der Waals surface area contributed by atoms with Crippen LogP contribution in [0.25, 0.3) is 5.65 Å². The van der Waals surface area contributed by atoms with Crippen LogP contribution >= 0.6 is 0 Å². The van der Waals surface area contributed by atoms with Gasteiger partial charge in [-0.2, -0.15) is 0 Å². The maximum absolute atomic E-state index is 4.56. The molecular formula is C17H22N8. The van der Waals surface area contributed by atoms with Gasteiger partial charge < -0.3 is 19.1 Å². The van der Waals surface area contributed by atoms with Crippen LogP contribution in [0.3, 0.4) is 0 Å². The van der Waals surface area contributed by atoms with E-state index in [0.717, 1.165) is 42.6 Å². The first-order chi connectivity index (χ1) is 12.1. The summed E-state index contributed by atoms with van der Waals surface area (Å²) in [6.07, 6.45) is 10.2. The van der Waals surface area contributed by atoms with Crippen LogP contribution in [-0.4, -0.2) is 64.6 Å². The fourth-order valence-corrected chi connectivity index (χ4v) is 3.28. The predicted octanol–water partition coefficient (Wildman–Crippen LogP) is 1.30. The molecule has 0 radical (unpaired) electrons. The Morgan fingerprint density at radius 1 is 1.00 bits per heavy atom. The minimum atomic E-state index is 0.377. The number of anilines is 3. The Bertz CT molecular complexity index is 874. The van der Waals surface area contributed by atoms with Crippen molar-refractivity contribution >= 4 is 23.1 Å². The molecule has 8 heteroatoms. The predicted molar refractivity (Wildman–Crippen MR) is 98.4 cm³/mol. The molecule has 0 spiro atoms. The summed E-state index contributed by atoms with van der Waals surface area (Å²) in [7, 11) is 6.07. The number of hydrogen-bond donors (Lipinski definition) is 0. The second-order valence-corrected chi connectivity index (χ2v) is 6.54. The van der Waals surface area contributed by atoms with Gasteiger partial charge in [-0.15, -0.1) is 0 Å². The molecule has 1 atom stereocenters. The minimum Gasteiger partial charge on any atom is -0.363 e. The highest BCUT2D eigenvalue weighted by Crippen LogP contribution is 2.26. The van der Waals surface area contributed by atoms with Gasteiger partial charge in [0.1, 0.15) is 18.0 Å². The molecule has 1 saturated heterocycles. The number of aromatic nitrogens is 5. The minimum absolute atomic E-state index is 0.377. The molecule has 0 saturated carbocycles. The van der Waals surface area contributed by atoms with E-state index in [1.165, 1.54) is 0 Å². The van der Waals surface area contributed by atoms with E-state index in [0.29, 0.717) is 6.04 Å². The number of fused-ring (bicyclic) bond motifs is 1. The van der Waals surface area contributed by atoms with Crippen molar-refractivity contribution in [2.45, 2.75) is 12.5 Å². The van der Waals surface area contributed by atoms with E-state index >= 15 is 0 Å². The van der Waals surface area contributed by atoms with Gasteiger partial charge in [0.15, 0.2) is 11.5 Å². The third-order valence-electron chi connectivity index (χ3n) is 4.76. The molecule has 0 aliphatic carbocycles.